The number of carbonyl (C=O) groups is 1. The second-order valence-corrected chi connectivity index (χ2v) is 8.28. The fraction of sp³-hybridized carbons (Fsp3) is 0.550. The van der Waals surface area contributed by atoms with Crippen LogP contribution in [0.4, 0.5) is 0 Å². The second kappa shape index (κ2) is 8.11. The van der Waals surface area contributed by atoms with Crippen LogP contribution in [0.3, 0.4) is 0 Å². The van der Waals surface area contributed by atoms with Crippen molar-refractivity contribution in [2.24, 2.45) is 5.92 Å². The highest BCUT2D eigenvalue weighted by Gasteiger charge is 2.25. The number of likely N-dealkylation sites (tertiary alicyclic amines) is 1. The van der Waals surface area contributed by atoms with Crippen LogP contribution in [0.5, 0.6) is 0 Å². The Kier molecular flexibility index (Phi) is 5.88. The van der Waals surface area contributed by atoms with Gasteiger partial charge in [-0.05, 0) is 48.5 Å². The molecule has 24 heavy (non-hydrogen) atoms. The third-order valence-electron chi connectivity index (χ3n) is 4.97. The first-order valence-corrected chi connectivity index (χ1v) is 10.2. The number of hydrogen-bond donors (Lipinski definition) is 1. The number of aromatic nitrogens is 1. The minimum absolute atomic E-state index is 0.320. The quantitative estimate of drug-likeness (QED) is 0.774. The number of rotatable bonds is 6. The molecule has 1 aliphatic rings. The maximum atomic E-state index is 12.3. The van der Waals surface area contributed by atoms with Gasteiger partial charge in [0.15, 0.2) is 0 Å². The molecule has 0 aliphatic carbocycles. The fourth-order valence-electron chi connectivity index (χ4n) is 3.44. The van der Waals surface area contributed by atoms with Crippen LogP contribution in [-0.4, -0.2) is 40.4 Å². The molecule has 1 fully saturated rings. The molecule has 130 valence electrons. The van der Waals surface area contributed by atoms with Crippen LogP contribution in [0, 0.1) is 5.92 Å². The van der Waals surface area contributed by atoms with Crippen LogP contribution in [-0.2, 0) is 4.79 Å². The monoisotopic (exact) mass is 344 g/mol. The molecule has 1 N–H and O–H groups in total. The molecule has 1 aliphatic heterocycles. The predicted molar refractivity (Wildman–Crippen MR) is 104 cm³/mol. The van der Waals surface area contributed by atoms with Crippen LogP contribution >= 0.6 is 11.8 Å². The van der Waals surface area contributed by atoms with E-state index in [1.54, 1.807) is 11.8 Å². The SMILES string of the molecule is CC(C)CCSCC(=O)N1CCC(c2c[nH]c3ccccc23)CC1. The van der Waals surface area contributed by atoms with E-state index in [0.29, 0.717) is 17.6 Å². The van der Waals surface area contributed by atoms with E-state index < -0.39 is 0 Å². The highest BCUT2D eigenvalue weighted by atomic mass is 32.2. The summed E-state index contributed by atoms with van der Waals surface area (Å²) in [6, 6.07) is 8.50. The summed E-state index contributed by atoms with van der Waals surface area (Å²) in [7, 11) is 0. The van der Waals surface area contributed by atoms with E-state index >= 15 is 0 Å². The summed E-state index contributed by atoms with van der Waals surface area (Å²) < 4.78 is 0. The second-order valence-electron chi connectivity index (χ2n) is 7.18. The molecule has 0 radical (unpaired) electrons. The zero-order valence-electron chi connectivity index (χ0n) is 14.8. The van der Waals surface area contributed by atoms with Gasteiger partial charge in [-0.15, -0.1) is 0 Å². The van der Waals surface area contributed by atoms with Gasteiger partial charge in [-0.1, -0.05) is 32.0 Å². The van der Waals surface area contributed by atoms with Crippen molar-refractivity contribution in [3.05, 3.63) is 36.0 Å². The van der Waals surface area contributed by atoms with E-state index in [2.05, 4.69) is 54.2 Å². The topological polar surface area (TPSA) is 36.1 Å². The minimum atomic E-state index is 0.320. The zero-order chi connectivity index (χ0) is 16.9. The summed E-state index contributed by atoms with van der Waals surface area (Å²) in [5, 5.41) is 1.34. The molecular formula is C20H28N2OS. The Morgan fingerprint density at radius 2 is 2.04 bits per heavy atom. The molecule has 1 aromatic heterocycles. The number of aromatic amines is 1. The van der Waals surface area contributed by atoms with E-state index in [9.17, 15) is 4.79 Å². The molecule has 0 bridgehead atoms. The Morgan fingerprint density at radius 3 is 2.79 bits per heavy atom. The summed E-state index contributed by atoms with van der Waals surface area (Å²) in [5.41, 5.74) is 2.64. The van der Waals surface area contributed by atoms with Crippen molar-refractivity contribution < 1.29 is 4.79 Å². The predicted octanol–water partition coefficient (Wildman–Crippen LogP) is 4.65. The molecule has 2 heterocycles. The molecule has 4 heteroatoms. The van der Waals surface area contributed by atoms with Gasteiger partial charge < -0.3 is 9.88 Å². The Morgan fingerprint density at radius 1 is 1.29 bits per heavy atom. The van der Waals surface area contributed by atoms with Gasteiger partial charge in [0, 0.05) is 30.2 Å². The van der Waals surface area contributed by atoms with Crippen LogP contribution in [0.25, 0.3) is 10.9 Å². The Balaban J connectivity index is 1.49. The van der Waals surface area contributed by atoms with Crippen molar-refractivity contribution in [1.29, 1.82) is 0 Å². The molecule has 2 aromatic rings. The summed E-state index contributed by atoms with van der Waals surface area (Å²) in [6.07, 6.45) is 5.50. The number of carbonyl (C=O) groups excluding carboxylic acids is 1. The van der Waals surface area contributed by atoms with E-state index in [0.717, 1.165) is 37.6 Å². The molecular weight excluding hydrogens is 316 g/mol. The number of piperidine rings is 1. The third-order valence-corrected chi connectivity index (χ3v) is 5.95. The third kappa shape index (κ3) is 4.15. The largest absolute Gasteiger partial charge is 0.361 e. The summed E-state index contributed by atoms with van der Waals surface area (Å²) in [5.74, 6) is 3.35. The standard InChI is InChI=1S/C20H28N2OS/c1-15(2)9-12-24-14-20(23)22-10-7-16(8-11-22)18-13-21-19-6-4-3-5-17(18)19/h3-6,13,15-16,21H,7-12,14H2,1-2H3. The summed E-state index contributed by atoms with van der Waals surface area (Å²) in [4.78, 5) is 17.8. The number of amides is 1. The van der Waals surface area contributed by atoms with Gasteiger partial charge >= 0.3 is 0 Å². The van der Waals surface area contributed by atoms with Gasteiger partial charge in [-0.3, -0.25) is 4.79 Å². The molecule has 0 saturated carbocycles. The van der Waals surface area contributed by atoms with Gasteiger partial charge in [0.05, 0.1) is 5.75 Å². The normalized spacial score (nSPS) is 16.2. The van der Waals surface area contributed by atoms with Gasteiger partial charge in [0.1, 0.15) is 0 Å². The lowest BCUT2D eigenvalue weighted by Crippen LogP contribution is -2.39. The molecule has 0 atom stereocenters. The van der Waals surface area contributed by atoms with Crippen molar-refractivity contribution in [3.63, 3.8) is 0 Å². The summed E-state index contributed by atoms with van der Waals surface area (Å²) >= 11 is 1.79. The van der Waals surface area contributed by atoms with Crippen LogP contribution in [0.15, 0.2) is 30.5 Å². The lowest BCUT2D eigenvalue weighted by atomic mass is 9.89. The molecule has 3 nitrogen and oxygen atoms in total. The lowest BCUT2D eigenvalue weighted by molar-refractivity contribution is -0.129. The first-order chi connectivity index (χ1) is 11.6. The van der Waals surface area contributed by atoms with Crippen LogP contribution < -0.4 is 0 Å². The van der Waals surface area contributed by atoms with Gasteiger partial charge in [0.2, 0.25) is 5.91 Å². The number of nitrogens with one attached hydrogen (secondary N) is 1. The van der Waals surface area contributed by atoms with Crippen molar-refractivity contribution in [1.82, 2.24) is 9.88 Å². The fourth-order valence-corrected chi connectivity index (χ4v) is 4.58. The minimum Gasteiger partial charge on any atom is -0.361 e. The highest BCUT2D eigenvalue weighted by molar-refractivity contribution is 7.99. The maximum Gasteiger partial charge on any atom is 0.232 e. The smallest absolute Gasteiger partial charge is 0.232 e. The number of nitrogens with zero attached hydrogens (tertiary/aromatic N) is 1. The van der Waals surface area contributed by atoms with E-state index in [1.807, 2.05) is 0 Å². The molecule has 0 spiro atoms. The number of fused-ring (bicyclic) bond motifs is 1. The molecule has 1 aromatic carbocycles. The van der Waals surface area contributed by atoms with Gasteiger partial charge in [-0.25, -0.2) is 0 Å². The van der Waals surface area contributed by atoms with Gasteiger partial charge in [0.25, 0.3) is 0 Å². The number of hydrogen-bond acceptors (Lipinski definition) is 2. The average Bonchev–Trinajstić information content (AvgIpc) is 3.02. The molecule has 3 rings (SSSR count). The van der Waals surface area contributed by atoms with E-state index in [-0.39, 0.29) is 0 Å². The van der Waals surface area contributed by atoms with Gasteiger partial charge in [-0.2, -0.15) is 11.8 Å². The Hall–Kier alpha value is -1.42. The number of para-hydroxylation sites is 1. The maximum absolute atomic E-state index is 12.3. The molecule has 1 saturated heterocycles. The molecule has 1 amide bonds. The number of benzene rings is 1. The van der Waals surface area contributed by atoms with E-state index in [4.69, 9.17) is 0 Å². The van der Waals surface area contributed by atoms with E-state index in [1.165, 1.54) is 22.9 Å². The Bertz CT molecular complexity index is 671. The highest BCUT2D eigenvalue weighted by Crippen LogP contribution is 2.33. The Labute approximate surface area is 149 Å². The summed E-state index contributed by atoms with van der Waals surface area (Å²) in [6.45, 7) is 6.26. The zero-order valence-corrected chi connectivity index (χ0v) is 15.6. The van der Waals surface area contributed by atoms with Crippen molar-refractivity contribution in [2.75, 3.05) is 24.6 Å². The van der Waals surface area contributed by atoms with Crippen molar-refractivity contribution >= 4 is 28.6 Å². The average molecular weight is 345 g/mol. The first-order valence-electron chi connectivity index (χ1n) is 9.06. The lowest BCUT2D eigenvalue weighted by Gasteiger charge is -2.32. The van der Waals surface area contributed by atoms with Crippen molar-refractivity contribution in [3.8, 4) is 0 Å². The van der Waals surface area contributed by atoms with Crippen LogP contribution in [0.1, 0.15) is 44.6 Å². The first kappa shape index (κ1) is 17.4. The number of thioether (sulfide) groups is 1. The van der Waals surface area contributed by atoms with Crippen molar-refractivity contribution in [2.45, 2.75) is 39.0 Å². The molecule has 0 unspecified atom stereocenters. The van der Waals surface area contributed by atoms with Crippen LogP contribution in [0.2, 0.25) is 0 Å². The number of H-pyrrole nitrogens is 1.